The zero-order chi connectivity index (χ0) is 20.3. The lowest BCUT2D eigenvalue weighted by Gasteiger charge is -2.24. The molecule has 0 spiro atoms. The van der Waals surface area contributed by atoms with Gasteiger partial charge in [0.25, 0.3) is 5.69 Å². The quantitative estimate of drug-likeness (QED) is 0.443. The Morgan fingerprint density at radius 2 is 2.14 bits per heavy atom. The molecule has 7 nitrogen and oxygen atoms in total. The van der Waals surface area contributed by atoms with Crippen LogP contribution in [0.3, 0.4) is 0 Å². The van der Waals surface area contributed by atoms with E-state index in [9.17, 15) is 19.3 Å². The summed E-state index contributed by atoms with van der Waals surface area (Å²) in [6.07, 6.45) is 2.81. The van der Waals surface area contributed by atoms with Crippen LogP contribution in [0.5, 0.6) is 5.75 Å². The van der Waals surface area contributed by atoms with E-state index in [-0.39, 0.29) is 31.0 Å². The van der Waals surface area contributed by atoms with E-state index < -0.39 is 10.7 Å². The van der Waals surface area contributed by atoms with Gasteiger partial charge in [0.15, 0.2) is 6.79 Å². The highest BCUT2D eigenvalue weighted by atomic mass is 19.1. The Labute approximate surface area is 161 Å². The van der Waals surface area contributed by atoms with E-state index in [1.807, 2.05) is 0 Å². The largest absolute Gasteiger partial charge is 0.467 e. The molecule has 3 rings (SSSR count). The number of benzene rings is 2. The zero-order valence-electron chi connectivity index (χ0n) is 15.4. The molecule has 1 unspecified atom stereocenters. The molecule has 0 bridgehead atoms. The fourth-order valence-electron chi connectivity index (χ4n) is 2.92. The number of ether oxygens (including phenoxy) is 2. The summed E-state index contributed by atoms with van der Waals surface area (Å²) in [7, 11) is 1.60. The molecule has 8 heteroatoms. The summed E-state index contributed by atoms with van der Waals surface area (Å²) in [5, 5.41) is 10.9. The highest BCUT2D eigenvalue weighted by molar-refractivity contribution is 5.92. The number of halogens is 1. The van der Waals surface area contributed by atoms with Crippen molar-refractivity contribution in [3.63, 3.8) is 0 Å². The molecule has 1 heterocycles. The van der Waals surface area contributed by atoms with Crippen LogP contribution in [-0.4, -0.2) is 29.6 Å². The number of nitrogens with zero attached hydrogens (tertiary/aromatic N) is 2. The molecule has 0 radical (unpaired) electrons. The molecule has 28 heavy (non-hydrogen) atoms. The molecule has 1 atom stereocenters. The number of likely N-dealkylation sites (N-methyl/N-ethyl adjacent to an activating group) is 1. The molecule has 0 saturated heterocycles. The summed E-state index contributed by atoms with van der Waals surface area (Å²) in [5.74, 6) is -0.284. The minimum atomic E-state index is -0.477. The first kappa shape index (κ1) is 19.5. The van der Waals surface area contributed by atoms with Gasteiger partial charge in [0.2, 0.25) is 5.91 Å². The minimum Gasteiger partial charge on any atom is -0.467 e. The van der Waals surface area contributed by atoms with Crippen LogP contribution in [0, 0.1) is 15.9 Å². The number of non-ortho nitro benzene ring substituents is 1. The number of fused-ring (bicyclic) bond motifs is 1. The fourth-order valence-corrected chi connectivity index (χ4v) is 2.92. The van der Waals surface area contributed by atoms with Crippen LogP contribution in [0.15, 0.2) is 42.5 Å². The van der Waals surface area contributed by atoms with Gasteiger partial charge in [-0.05, 0) is 30.7 Å². The van der Waals surface area contributed by atoms with Gasteiger partial charge in [0.1, 0.15) is 11.6 Å². The molecule has 1 aliphatic rings. The van der Waals surface area contributed by atoms with E-state index >= 15 is 0 Å². The van der Waals surface area contributed by atoms with Crippen molar-refractivity contribution in [3.8, 4) is 5.75 Å². The van der Waals surface area contributed by atoms with Crippen LogP contribution in [0.2, 0.25) is 0 Å². The highest BCUT2D eigenvalue weighted by Crippen LogP contribution is 2.30. The van der Waals surface area contributed by atoms with Gasteiger partial charge >= 0.3 is 0 Å². The lowest BCUT2D eigenvalue weighted by atomic mass is 10.1. The maximum Gasteiger partial charge on any atom is 0.269 e. The number of carbonyl (C=O) groups is 1. The first-order chi connectivity index (χ1) is 13.4. The Bertz CT molecular complexity index is 944. The third-order valence-corrected chi connectivity index (χ3v) is 4.60. The Morgan fingerprint density at radius 3 is 2.89 bits per heavy atom. The third kappa shape index (κ3) is 4.17. The number of carbonyl (C=O) groups excluding carboxylic acids is 1. The predicted molar refractivity (Wildman–Crippen MR) is 100.0 cm³/mol. The Balaban J connectivity index is 1.78. The van der Waals surface area contributed by atoms with Crippen LogP contribution in [0.1, 0.15) is 29.7 Å². The zero-order valence-corrected chi connectivity index (χ0v) is 15.4. The van der Waals surface area contributed by atoms with Crippen LogP contribution in [0.4, 0.5) is 10.1 Å². The maximum atomic E-state index is 13.8. The van der Waals surface area contributed by atoms with E-state index in [2.05, 4.69) is 0 Å². The summed E-state index contributed by atoms with van der Waals surface area (Å²) in [6, 6.07) is 8.38. The molecule has 1 aliphatic heterocycles. The van der Waals surface area contributed by atoms with Crippen LogP contribution in [-0.2, 0) is 16.1 Å². The van der Waals surface area contributed by atoms with Gasteiger partial charge in [0.05, 0.1) is 17.6 Å². The average Bonchev–Trinajstić information content (AvgIpc) is 2.70. The number of nitro benzene ring substituents is 1. The van der Waals surface area contributed by atoms with Crippen molar-refractivity contribution in [2.45, 2.75) is 19.6 Å². The van der Waals surface area contributed by atoms with Gasteiger partial charge in [0, 0.05) is 36.4 Å². The van der Waals surface area contributed by atoms with Gasteiger partial charge in [-0.3, -0.25) is 14.9 Å². The molecule has 1 amide bonds. The van der Waals surface area contributed by atoms with E-state index in [0.29, 0.717) is 22.4 Å². The molecule has 2 aromatic rings. The molecular weight excluding hydrogens is 367 g/mol. The first-order valence-corrected chi connectivity index (χ1v) is 8.59. The van der Waals surface area contributed by atoms with E-state index in [0.717, 1.165) is 0 Å². The Hall–Kier alpha value is -3.26. The number of amides is 1. The summed E-state index contributed by atoms with van der Waals surface area (Å²) in [4.78, 5) is 24.5. The standard InChI is InChI=1S/C20H19FN2O5/c1-13(14-4-3-5-18(10-14)23(25)26)22(2)19(24)7-6-15-8-17(21)9-16-11-27-12-28-20(15)16/h3-10,13H,11-12H2,1-2H3/b7-6+. The average molecular weight is 386 g/mol. The third-order valence-electron chi connectivity index (χ3n) is 4.60. The molecule has 2 aromatic carbocycles. The number of hydrogen-bond acceptors (Lipinski definition) is 5. The first-order valence-electron chi connectivity index (χ1n) is 8.59. The predicted octanol–water partition coefficient (Wildman–Crippen LogP) is 3.83. The molecule has 0 aromatic heterocycles. The Kier molecular flexibility index (Phi) is 5.70. The molecule has 0 aliphatic carbocycles. The fraction of sp³-hybridized carbons (Fsp3) is 0.250. The number of hydrogen-bond donors (Lipinski definition) is 0. The summed E-state index contributed by atoms with van der Waals surface area (Å²) < 4.78 is 24.4. The smallest absolute Gasteiger partial charge is 0.269 e. The normalized spacial score (nSPS) is 14.2. The molecular formula is C20H19FN2O5. The molecule has 0 fully saturated rings. The maximum absolute atomic E-state index is 13.8. The second-order valence-electron chi connectivity index (χ2n) is 6.40. The van der Waals surface area contributed by atoms with Gasteiger partial charge in [-0.15, -0.1) is 0 Å². The second-order valence-corrected chi connectivity index (χ2v) is 6.40. The summed E-state index contributed by atoms with van der Waals surface area (Å²) in [5.41, 5.74) is 1.63. The topological polar surface area (TPSA) is 81.9 Å². The summed E-state index contributed by atoms with van der Waals surface area (Å²) in [6.45, 7) is 2.08. The molecule has 0 N–H and O–H groups in total. The van der Waals surface area contributed by atoms with Crippen molar-refractivity contribution in [2.24, 2.45) is 0 Å². The number of rotatable bonds is 5. The van der Waals surface area contributed by atoms with Crippen molar-refractivity contribution in [1.82, 2.24) is 4.90 Å². The van der Waals surface area contributed by atoms with Gasteiger partial charge in [-0.1, -0.05) is 12.1 Å². The SMILES string of the molecule is CC(c1cccc([N+](=O)[O-])c1)N(C)C(=O)/C=C/c1cc(F)cc2c1OCOC2. The van der Waals surface area contributed by atoms with Crippen molar-refractivity contribution >= 4 is 17.7 Å². The number of nitro groups is 1. The van der Waals surface area contributed by atoms with Crippen molar-refractivity contribution < 1.29 is 23.6 Å². The van der Waals surface area contributed by atoms with Gasteiger partial charge < -0.3 is 14.4 Å². The Morgan fingerprint density at radius 1 is 1.36 bits per heavy atom. The van der Waals surface area contributed by atoms with E-state index in [1.54, 1.807) is 26.1 Å². The lowest BCUT2D eigenvalue weighted by Crippen LogP contribution is -2.28. The summed E-state index contributed by atoms with van der Waals surface area (Å²) >= 11 is 0. The second kappa shape index (κ2) is 8.18. The van der Waals surface area contributed by atoms with Gasteiger partial charge in [-0.25, -0.2) is 4.39 Å². The minimum absolute atomic E-state index is 0.0357. The van der Waals surface area contributed by atoms with Crippen molar-refractivity contribution in [2.75, 3.05) is 13.8 Å². The van der Waals surface area contributed by atoms with Crippen molar-refractivity contribution in [3.05, 3.63) is 75.1 Å². The van der Waals surface area contributed by atoms with Crippen LogP contribution < -0.4 is 4.74 Å². The van der Waals surface area contributed by atoms with E-state index in [4.69, 9.17) is 9.47 Å². The molecule has 0 saturated carbocycles. The van der Waals surface area contributed by atoms with Crippen molar-refractivity contribution in [1.29, 1.82) is 0 Å². The van der Waals surface area contributed by atoms with Gasteiger partial charge in [-0.2, -0.15) is 0 Å². The molecule has 146 valence electrons. The lowest BCUT2D eigenvalue weighted by molar-refractivity contribution is -0.384. The van der Waals surface area contributed by atoms with Crippen LogP contribution >= 0.6 is 0 Å². The highest BCUT2D eigenvalue weighted by Gasteiger charge is 2.19. The van der Waals surface area contributed by atoms with Crippen LogP contribution in [0.25, 0.3) is 6.08 Å². The van der Waals surface area contributed by atoms with E-state index in [1.165, 1.54) is 41.3 Å². The monoisotopic (exact) mass is 386 g/mol.